The van der Waals surface area contributed by atoms with E-state index in [1.54, 1.807) is 55.6 Å². The molecule has 1 aromatic heterocycles. The van der Waals surface area contributed by atoms with Crippen molar-refractivity contribution in [3.05, 3.63) is 88.5 Å². The normalized spacial score (nSPS) is 16.7. The van der Waals surface area contributed by atoms with Gasteiger partial charge in [0, 0.05) is 10.6 Å². The van der Waals surface area contributed by atoms with Crippen molar-refractivity contribution < 1.29 is 24.2 Å². The van der Waals surface area contributed by atoms with Crippen LogP contribution in [-0.4, -0.2) is 35.5 Å². The van der Waals surface area contributed by atoms with E-state index in [-0.39, 0.29) is 11.3 Å². The summed E-state index contributed by atoms with van der Waals surface area (Å²) in [4.78, 5) is 33.0. The molecule has 9 heteroatoms. The third kappa shape index (κ3) is 5.35. The Labute approximate surface area is 235 Å². The number of rotatable bonds is 9. The highest BCUT2D eigenvalue weighted by Gasteiger charge is 2.48. The number of methoxy groups -OCH3 is 1. The van der Waals surface area contributed by atoms with E-state index in [0.717, 1.165) is 24.0 Å². The monoisotopic (exact) mass is 562 g/mol. The van der Waals surface area contributed by atoms with Crippen molar-refractivity contribution in [2.75, 3.05) is 18.6 Å². The molecular formula is C30H27ClN2O5S. The Bertz CT molecular complexity index is 1560. The number of hydrogen-bond donors (Lipinski definition) is 1. The molecule has 7 nitrogen and oxygen atoms in total. The molecule has 5 rings (SSSR count). The Morgan fingerprint density at radius 1 is 1.05 bits per heavy atom. The van der Waals surface area contributed by atoms with Crippen LogP contribution in [0.4, 0.5) is 5.13 Å². The molecule has 0 saturated carbocycles. The summed E-state index contributed by atoms with van der Waals surface area (Å²) in [5.41, 5.74) is 1.64. The number of ketones is 1. The number of Topliss-reactive ketones (excluding diaryl/α,β-unsaturated/α-hetero) is 1. The molecule has 1 aliphatic rings. The maximum atomic E-state index is 13.5. The van der Waals surface area contributed by atoms with Gasteiger partial charge in [0.1, 0.15) is 17.3 Å². The molecule has 1 unspecified atom stereocenters. The van der Waals surface area contributed by atoms with E-state index in [1.165, 1.54) is 16.2 Å². The van der Waals surface area contributed by atoms with Crippen molar-refractivity contribution in [3.63, 3.8) is 0 Å². The number of ether oxygens (including phenoxy) is 2. The predicted molar refractivity (Wildman–Crippen MR) is 154 cm³/mol. The summed E-state index contributed by atoms with van der Waals surface area (Å²) in [6.07, 6.45) is 3.06. The quantitative estimate of drug-likeness (QED) is 0.101. The number of carbonyl (C=O) groups is 2. The van der Waals surface area contributed by atoms with E-state index in [1.807, 2.05) is 18.2 Å². The van der Waals surface area contributed by atoms with Gasteiger partial charge in [-0.05, 0) is 66.6 Å². The predicted octanol–water partition coefficient (Wildman–Crippen LogP) is 7.15. The molecule has 200 valence electrons. The first-order valence-corrected chi connectivity index (χ1v) is 13.8. The molecule has 1 N–H and O–H groups in total. The first-order chi connectivity index (χ1) is 18.9. The zero-order valence-corrected chi connectivity index (χ0v) is 23.1. The Hall–Kier alpha value is -3.88. The molecule has 1 saturated heterocycles. The average Bonchev–Trinajstić information content (AvgIpc) is 3.48. The molecule has 4 aromatic rings. The molecule has 1 aliphatic heterocycles. The maximum absolute atomic E-state index is 13.5. The van der Waals surface area contributed by atoms with Crippen molar-refractivity contribution in [2.24, 2.45) is 0 Å². The third-order valence-electron chi connectivity index (χ3n) is 6.54. The number of amides is 1. The highest BCUT2D eigenvalue weighted by atomic mass is 35.5. The maximum Gasteiger partial charge on any atom is 0.301 e. The lowest BCUT2D eigenvalue weighted by molar-refractivity contribution is -0.132. The lowest BCUT2D eigenvalue weighted by Crippen LogP contribution is -2.29. The Balaban J connectivity index is 1.63. The number of carbonyl (C=O) groups excluding carboxylic acids is 2. The fourth-order valence-corrected chi connectivity index (χ4v) is 5.82. The molecule has 1 amide bonds. The number of hydrogen-bond acceptors (Lipinski definition) is 7. The van der Waals surface area contributed by atoms with Gasteiger partial charge >= 0.3 is 5.91 Å². The first kappa shape index (κ1) is 26.7. The van der Waals surface area contributed by atoms with E-state index < -0.39 is 17.7 Å². The molecule has 1 fully saturated rings. The van der Waals surface area contributed by atoms with Gasteiger partial charge in [-0.25, -0.2) is 4.98 Å². The summed E-state index contributed by atoms with van der Waals surface area (Å²) >= 11 is 7.43. The fraction of sp³-hybridized carbons (Fsp3) is 0.233. The SMILES string of the molecule is CCCCCOc1cccc(C2C(=C(O)c3ccc(OC)cc3)C(=O)C(=O)N2c2nc3ccc(Cl)cc3s2)c1. The smallest absolute Gasteiger partial charge is 0.301 e. The van der Waals surface area contributed by atoms with Crippen molar-refractivity contribution in [2.45, 2.75) is 32.2 Å². The standard InChI is InChI=1S/C30H27ClN2O5S/c1-3-4-5-15-38-22-8-6-7-19(16-22)26-25(27(34)18-9-12-21(37-2)13-10-18)28(35)29(36)33(26)30-32-23-14-11-20(31)17-24(23)39-30/h6-14,16-17,26,34H,3-5,15H2,1-2H3. The minimum atomic E-state index is -0.915. The summed E-state index contributed by atoms with van der Waals surface area (Å²) in [5.74, 6) is -0.615. The minimum absolute atomic E-state index is 0.0226. The van der Waals surface area contributed by atoms with E-state index in [0.29, 0.717) is 44.9 Å². The second-order valence-corrected chi connectivity index (χ2v) is 10.6. The molecule has 2 heterocycles. The van der Waals surface area contributed by atoms with Crippen LogP contribution >= 0.6 is 22.9 Å². The number of unbranched alkanes of at least 4 members (excludes halogenated alkanes) is 2. The van der Waals surface area contributed by atoms with Gasteiger partial charge in [0.05, 0.1) is 35.5 Å². The average molecular weight is 563 g/mol. The number of aliphatic hydroxyl groups excluding tert-OH is 1. The third-order valence-corrected chi connectivity index (χ3v) is 7.80. The van der Waals surface area contributed by atoms with Gasteiger partial charge in [0.2, 0.25) is 0 Å². The van der Waals surface area contributed by atoms with Crippen LogP contribution in [0.2, 0.25) is 5.02 Å². The van der Waals surface area contributed by atoms with Crippen molar-refractivity contribution in [1.29, 1.82) is 0 Å². The van der Waals surface area contributed by atoms with E-state index >= 15 is 0 Å². The highest BCUT2D eigenvalue weighted by molar-refractivity contribution is 7.22. The van der Waals surface area contributed by atoms with E-state index in [2.05, 4.69) is 11.9 Å². The van der Waals surface area contributed by atoms with Crippen LogP contribution in [0.15, 0.2) is 72.3 Å². The molecule has 0 bridgehead atoms. The molecule has 39 heavy (non-hydrogen) atoms. The zero-order chi connectivity index (χ0) is 27.5. The number of anilines is 1. The molecule has 0 radical (unpaired) electrons. The Morgan fingerprint density at radius 3 is 2.59 bits per heavy atom. The van der Waals surface area contributed by atoms with Gasteiger partial charge < -0.3 is 14.6 Å². The number of fused-ring (bicyclic) bond motifs is 1. The van der Waals surface area contributed by atoms with Crippen LogP contribution in [0.25, 0.3) is 16.0 Å². The van der Waals surface area contributed by atoms with E-state index in [4.69, 9.17) is 21.1 Å². The Morgan fingerprint density at radius 2 is 1.85 bits per heavy atom. The van der Waals surface area contributed by atoms with Gasteiger partial charge in [0.25, 0.3) is 5.78 Å². The number of benzene rings is 3. The number of nitrogens with zero attached hydrogens (tertiary/aromatic N) is 2. The van der Waals surface area contributed by atoms with Crippen LogP contribution in [-0.2, 0) is 9.59 Å². The second-order valence-electron chi connectivity index (χ2n) is 9.13. The summed E-state index contributed by atoms with van der Waals surface area (Å²) in [6.45, 7) is 2.68. The van der Waals surface area contributed by atoms with E-state index in [9.17, 15) is 14.7 Å². The zero-order valence-electron chi connectivity index (χ0n) is 21.5. The topological polar surface area (TPSA) is 89.0 Å². The van der Waals surface area contributed by atoms with Crippen LogP contribution in [0.5, 0.6) is 11.5 Å². The highest BCUT2D eigenvalue weighted by Crippen LogP contribution is 2.45. The molecule has 3 aromatic carbocycles. The number of thiazole rings is 1. The summed E-state index contributed by atoms with van der Waals surface area (Å²) in [6, 6.07) is 18.3. The van der Waals surface area contributed by atoms with Crippen LogP contribution in [0.1, 0.15) is 43.4 Å². The van der Waals surface area contributed by atoms with Crippen LogP contribution in [0, 0.1) is 0 Å². The van der Waals surface area contributed by atoms with Gasteiger partial charge in [-0.3, -0.25) is 14.5 Å². The van der Waals surface area contributed by atoms with Crippen molar-refractivity contribution in [1.82, 2.24) is 4.98 Å². The van der Waals surface area contributed by atoms with Crippen molar-refractivity contribution in [3.8, 4) is 11.5 Å². The number of aromatic nitrogens is 1. The summed E-state index contributed by atoms with van der Waals surface area (Å²) in [7, 11) is 1.54. The second kappa shape index (κ2) is 11.5. The van der Waals surface area contributed by atoms with Crippen LogP contribution < -0.4 is 14.4 Å². The summed E-state index contributed by atoms with van der Waals surface area (Å²) in [5, 5.41) is 12.3. The van der Waals surface area contributed by atoms with Crippen LogP contribution in [0.3, 0.4) is 0 Å². The Kier molecular flexibility index (Phi) is 7.86. The fourth-order valence-electron chi connectivity index (χ4n) is 4.56. The van der Waals surface area contributed by atoms with Gasteiger partial charge in [-0.15, -0.1) is 0 Å². The number of halogens is 1. The molecule has 0 aliphatic carbocycles. The van der Waals surface area contributed by atoms with Gasteiger partial charge in [-0.2, -0.15) is 0 Å². The molecular weight excluding hydrogens is 536 g/mol. The first-order valence-electron chi connectivity index (χ1n) is 12.7. The van der Waals surface area contributed by atoms with Gasteiger partial charge in [-0.1, -0.05) is 54.8 Å². The number of aliphatic hydroxyl groups is 1. The minimum Gasteiger partial charge on any atom is -0.507 e. The lowest BCUT2D eigenvalue weighted by atomic mass is 9.95. The summed E-state index contributed by atoms with van der Waals surface area (Å²) < 4.78 is 12.0. The molecule has 0 spiro atoms. The van der Waals surface area contributed by atoms with Gasteiger partial charge in [0.15, 0.2) is 5.13 Å². The van der Waals surface area contributed by atoms with Crippen molar-refractivity contribution >= 4 is 55.7 Å². The lowest BCUT2D eigenvalue weighted by Gasteiger charge is -2.23. The largest absolute Gasteiger partial charge is 0.507 e. The molecule has 1 atom stereocenters.